The minimum atomic E-state index is -3.73. The molecule has 100 valence electrons. The van der Waals surface area contributed by atoms with Crippen molar-refractivity contribution in [3.63, 3.8) is 0 Å². The van der Waals surface area contributed by atoms with Crippen LogP contribution in [-0.4, -0.2) is 13.4 Å². The number of hydrogen-bond donors (Lipinski definition) is 2. The van der Waals surface area contributed by atoms with Crippen molar-refractivity contribution in [2.45, 2.75) is 11.8 Å². The first-order valence-electron chi connectivity index (χ1n) is 5.39. The van der Waals surface area contributed by atoms with Gasteiger partial charge in [-0.25, -0.2) is 13.4 Å². The number of nitrogens with zero attached hydrogens (tertiary/aromatic N) is 1. The van der Waals surface area contributed by atoms with Gasteiger partial charge in [-0.3, -0.25) is 4.72 Å². The van der Waals surface area contributed by atoms with Crippen LogP contribution in [0.15, 0.2) is 45.9 Å². The van der Waals surface area contributed by atoms with E-state index in [-0.39, 0.29) is 10.7 Å². The quantitative estimate of drug-likeness (QED) is 0.898. The SMILES string of the molecule is Cc1cc(Br)ccc1NS(=O)(=O)c1cccnc1N. The van der Waals surface area contributed by atoms with Gasteiger partial charge in [-0.15, -0.1) is 0 Å². The van der Waals surface area contributed by atoms with Crippen LogP contribution < -0.4 is 10.5 Å². The highest BCUT2D eigenvalue weighted by atomic mass is 79.9. The third-order valence-electron chi connectivity index (χ3n) is 2.52. The first-order valence-corrected chi connectivity index (χ1v) is 7.67. The smallest absolute Gasteiger partial charge is 0.265 e. The molecule has 2 rings (SSSR count). The van der Waals surface area contributed by atoms with Crippen LogP contribution in [0, 0.1) is 6.92 Å². The molecule has 1 aromatic heterocycles. The van der Waals surface area contributed by atoms with Crippen LogP contribution in [-0.2, 0) is 10.0 Å². The maximum absolute atomic E-state index is 12.2. The van der Waals surface area contributed by atoms with Crippen LogP contribution in [0.1, 0.15) is 5.56 Å². The fourth-order valence-corrected chi connectivity index (χ4v) is 3.26. The van der Waals surface area contributed by atoms with Gasteiger partial charge >= 0.3 is 0 Å². The number of nitrogen functional groups attached to an aromatic ring is 1. The Morgan fingerprint density at radius 3 is 2.68 bits per heavy atom. The molecule has 0 aliphatic carbocycles. The Labute approximate surface area is 120 Å². The van der Waals surface area contributed by atoms with Gasteiger partial charge < -0.3 is 5.73 Å². The minimum Gasteiger partial charge on any atom is -0.383 e. The topological polar surface area (TPSA) is 85.1 Å². The van der Waals surface area contributed by atoms with E-state index in [2.05, 4.69) is 25.6 Å². The number of sulfonamides is 1. The normalized spacial score (nSPS) is 11.3. The lowest BCUT2D eigenvalue weighted by atomic mass is 10.2. The van der Waals surface area contributed by atoms with Crippen LogP contribution in [0.4, 0.5) is 11.5 Å². The predicted molar refractivity (Wildman–Crippen MR) is 78.3 cm³/mol. The zero-order valence-electron chi connectivity index (χ0n) is 10.1. The molecule has 2 aromatic rings. The minimum absolute atomic E-state index is 0.0234. The number of halogens is 1. The van der Waals surface area contributed by atoms with Crippen LogP contribution in [0.25, 0.3) is 0 Å². The van der Waals surface area contributed by atoms with E-state index in [0.717, 1.165) is 10.0 Å². The van der Waals surface area contributed by atoms with Gasteiger partial charge in [0.1, 0.15) is 10.7 Å². The molecule has 7 heteroatoms. The summed E-state index contributed by atoms with van der Waals surface area (Å²) in [7, 11) is -3.73. The molecule has 19 heavy (non-hydrogen) atoms. The lowest BCUT2D eigenvalue weighted by Gasteiger charge is -2.11. The molecule has 0 saturated heterocycles. The maximum Gasteiger partial charge on any atom is 0.265 e. The summed E-state index contributed by atoms with van der Waals surface area (Å²) in [6, 6.07) is 8.21. The summed E-state index contributed by atoms with van der Waals surface area (Å²) in [5.74, 6) is -0.0234. The zero-order chi connectivity index (χ0) is 14.0. The van der Waals surface area contributed by atoms with Crippen molar-refractivity contribution >= 4 is 37.5 Å². The van der Waals surface area contributed by atoms with Crippen molar-refractivity contribution in [3.8, 4) is 0 Å². The molecule has 0 bridgehead atoms. The van der Waals surface area contributed by atoms with E-state index in [9.17, 15) is 8.42 Å². The zero-order valence-corrected chi connectivity index (χ0v) is 12.5. The Kier molecular flexibility index (Phi) is 3.77. The second kappa shape index (κ2) is 5.18. The van der Waals surface area contributed by atoms with Crippen molar-refractivity contribution in [1.29, 1.82) is 0 Å². The maximum atomic E-state index is 12.2. The van der Waals surface area contributed by atoms with E-state index in [1.54, 1.807) is 12.1 Å². The Balaban J connectivity index is 2.40. The fourth-order valence-electron chi connectivity index (χ4n) is 1.57. The van der Waals surface area contributed by atoms with Gasteiger partial charge in [-0.05, 0) is 42.8 Å². The van der Waals surface area contributed by atoms with Crippen LogP contribution in [0.2, 0.25) is 0 Å². The van der Waals surface area contributed by atoms with Gasteiger partial charge in [-0.1, -0.05) is 15.9 Å². The molecule has 0 aliphatic heterocycles. The molecular formula is C12H12BrN3O2S. The first-order chi connectivity index (χ1) is 8.90. The number of hydrogen-bond acceptors (Lipinski definition) is 4. The molecule has 0 saturated carbocycles. The van der Waals surface area contributed by atoms with Gasteiger partial charge in [0.05, 0.1) is 5.69 Å². The molecule has 0 atom stereocenters. The molecule has 3 N–H and O–H groups in total. The van der Waals surface area contributed by atoms with Crippen molar-refractivity contribution in [3.05, 3.63) is 46.6 Å². The van der Waals surface area contributed by atoms with Gasteiger partial charge in [0, 0.05) is 10.7 Å². The van der Waals surface area contributed by atoms with E-state index in [4.69, 9.17) is 5.73 Å². The number of nitrogens with two attached hydrogens (primary N) is 1. The lowest BCUT2D eigenvalue weighted by molar-refractivity contribution is 0.601. The summed E-state index contributed by atoms with van der Waals surface area (Å²) in [6.45, 7) is 1.81. The average molecular weight is 342 g/mol. The number of aryl methyl sites for hydroxylation is 1. The number of aromatic nitrogens is 1. The number of anilines is 2. The van der Waals surface area contributed by atoms with Crippen molar-refractivity contribution in [2.24, 2.45) is 0 Å². The molecular weight excluding hydrogens is 330 g/mol. The number of benzene rings is 1. The fraction of sp³-hybridized carbons (Fsp3) is 0.0833. The monoisotopic (exact) mass is 341 g/mol. The summed E-state index contributed by atoms with van der Waals surface area (Å²) in [4.78, 5) is 3.74. The molecule has 1 heterocycles. The van der Waals surface area contributed by atoms with E-state index in [0.29, 0.717) is 5.69 Å². The second-order valence-electron chi connectivity index (χ2n) is 3.95. The third-order valence-corrected chi connectivity index (χ3v) is 4.43. The van der Waals surface area contributed by atoms with E-state index in [1.165, 1.54) is 18.3 Å². The van der Waals surface area contributed by atoms with Gasteiger partial charge in [-0.2, -0.15) is 0 Å². The Hall–Kier alpha value is -1.60. The van der Waals surface area contributed by atoms with Gasteiger partial charge in [0.15, 0.2) is 0 Å². The number of nitrogens with one attached hydrogen (secondary N) is 1. The Morgan fingerprint density at radius 1 is 1.32 bits per heavy atom. The second-order valence-corrected chi connectivity index (χ2v) is 6.52. The predicted octanol–water partition coefficient (Wildman–Crippen LogP) is 2.54. The molecule has 0 fully saturated rings. The summed E-state index contributed by atoms with van der Waals surface area (Å²) in [5, 5.41) is 0. The van der Waals surface area contributed by atoms with E-state index < -0.39 is 10.0 Å². The summed E-state index contributed by atoms with van der Waals surface area (Å²) in [5.41, 5.74) is 6.90. The Bertz CT molecular complexity index is 717. The first kappa shape index (κ1) is 13.8. The molecule has 1 aromatic carbocycles. The standard InChI is InChI=1S/C12H12BrN3O2S/c1-8-7-9(13)4-5-10(8)16-19(17,18)11-3-2-6-15-12(11)14/h2-7,16H,1H3,(H2,14,15). The number of pyridine rings is 1. The highest BCUT2D eigenvalue weighted by molar-refractivity contribution is 9.10. The van der Waals surface area contributed by atoms with E-state index >= 15 is 0 Å². The van der Waals surface area contributed by atoms with Crippen molar-refractivity contribution < 1.29 is 8.42 Å². The largest absolute Gasteiger partial charge is 0.383 e. The van der Waals surface area contributed by atoms with Crippen molar-refractivity contribution in [2.75, 3.05) is 10.5 Å². The average Bonchev–Trinajstić information content (AvgIpc) is 2.33. The summed E-state index contributed by atoms with van der Waals surface area (Å²) >= 11 is 3.33. The molecule has 0 unspecified atom stereocenters. The van der Waals surface area contributed by atoms with Gasteiger partial charge in [0.2, 0.25) is 0 Å². The third kappa shape index (κ3) is 3.05. The van der Waals surface area contributed by atoms with Gasteiger partial charge in [0.25, 0.3) is 10.0 Å². The van der Waals surface area contributed by atoms with Crippen LogP contribution in [0.3, 0.4) is 0 Å². The molecule has 0 spiro atoms. The highest BCUT2D eigenvalue weighted by Crippen LogP contribution is 2.24. The molecule has 0 aliphatic rings. The molecule has 5 nitrogen and oxygen atoms in total. The highest BCUT2D eigenvalue weighted by Gasteiger charge is 2.18. The van der Waals surface area contributed by atoms with E-state index in [1.807, 2.05) is 13.0 Å². The summed E-state index contributed by atoms with van der Waals surface area (Å²) in [6.07, 6.45) is 1.44. The summed E-state index contributed by atoms with van der Waals surface area (Å²) < 4.78 is 27.8. The lowest BCUT2D eigenvalue weighted by Crippen LogP contribution is -2.16. The van der Waals surface area contributed by atoms with Crippen LogP contribution >= 0.6 is 15.9 Å². The Morgan fingerprint density at radius 2 is 2.05 bits per heavy atom. The molecule has 0 radical (unpaired) electrons. The van der Waals surface area contributed by atoms with Crippen molar-refractivity contribution in [1.82, 2.24) is 4.98 Å². The number of rotatable bonds is 3. The molecule has 0 amide bonds. The van der Waals surface area contributed by atoms with Crippen LogP contribution in [0.5, 0.6) is 0 Å².